The third-order valence-corrected chi connectivity index (χ3v) is 3.76. The molecule has 2 N–H and O–H groups in total. The number of hydrogen-bond donors (Lipinski definition) is 1. The van der Waals surface area contributed by atoms with Crippen molar-refractivity contribution in [1.82, 2.24) is 0 Å². The summed E-state index contributed by atoms with van der Waals surface area (Å²) in [6, 6.07) is 15.0. The zero-order valence-electron chi connectivity index (χ0n) is 12.1. The SMILES string of the molecule is Nc1cc(OCc2ccccc2)ccc1N1CCC(F)(F)C1. The van der Waals surface area contributed by atoms with Crippen molar-refractivity contribution in [3.8, 4) is 5.75 Å². The molecule has 116 valence electrons. The van der Waals surface area contributed by atoms with Gasteiger partial charge in [0.05, 0.1) is 17.9 Å². The molecule has 0 aliphatic carbocycles. The highest BCUT2D eigenvalue weighted by Gasteiger charge is 2.38. The van der Waals surface area contributed by atoms with Gasteiger partial charge in [-0.05, 0) is 17.7 Å². The lowest BCUT2D eigenvalue weighted by molar-refractivity contribution is 0.0257. The van der Waals surface area contributed by atoms with E-state index in [0.29, 0.717) is 30.3 Å². The molecule has 1 fully saturated rings. The molecule has 22 heavy (non-hydrogen) atoms. The molecule has 1 aliphatic rings. The Morgan fingerprint density at radius 3 is 2.55 bits per heavy atom. The number of nitrogen functional groups attached to an aromatic ring is 1. The Morgan fingerprint density at radius 2 is 1.91 bits per heavy atom. The van der Waals surface area contributed by atoms with Crippen LogP contribution in [0.5, 0.6) is 5.75 Å². The third kappa shape index (κ3) is 3.30. The lowest BCUT2D eigenvalue weighted by Gasteiger charge is -2.20. The molecule has 0 bridgehead atoms. The van der Waals surface area contributed by atoms with Gasteiger partial charge < -0.3 is 15.4 Å². The molecule has 5 heteroatoms. The van der Waals surface area contributed by atoms with Crippen LogP contribution in [-0.4, -0.2) is 19.0 Å². The van der Waals surface area contributed by atoms with Gasteiger partial charge in [-0.15, -0.1) is 0 Å². The van der Waals surface area contributed by atoms with Crippen molar-refractivity contribution in [3.05, 3.63) is 54.1 Å². The van der Waals surface area contributed by atoms with E-state index < -0.39 is 5.92 Å². The number of rotatable bonds is 4. The average molecular weight is 304 g/mol. The predicted molar refractivity (Wildman–Crippen MR) is 83.4 cm³/mol. The molecule has 0 atom stereocenters. The lowest BCUT2D eigenvalue weighted by Crippen LogP contribution is -2.25. The molecule has 0 saturated carbocycles. The van der Waals surface area contributed by atoms with Crippen LogP contribution in [0.15, 0.2) is 48.5 Å². The average Bonchev–Trinajstić information content (AvgIpc) is 2.86. The van der Waals surface area contributed by atoms with Crippen molar-refractivity contribution < 1.29 is 13.5 Å². The minimum absolute atomic E-state index is 0.126. The van der Waals surface area contributed by atoms with E-state index in [-0.39, 0.29) is 13.0 Å². The number of hydrogen-bond acceptors (Lipinski definition) is 3. The molecule has 2 aromatic carbocycles. The fourth-order valence-electron chi connectivity index (χ4n) is 2.59. The van der Waals surface area contributed by atoms with Crippen LogP contribution in [0.3, 0.4) is 0 Å². The van der Waals surface area contributed by atoms with E-state index in [1.807, 2.05) is 30.3 Å². The molecule has 0 spiro atoms. The molecule has 0 radical (unpaired) electrons. The maximum Gasteiger partial charge on any atom is 0.266 e. The van der Waals surface area contributed by atoms with Gasteiger partial charge in [-0.3, -0.25) is 0 Å². The van der Waals surface area contributed by atoms with Crippen LogP contribution in [-0.2, 0) is 6.61 Å². The zero-order chi connectivity index (χ0) is 15.6. The summed E-state index contributed by atoms with van der Waals surface area (Å²) < 4.78 is 32.3. The summed E-state index contributed by atoms with van der Waals surface area (Å²) in [5.41, 5.74) is 8.16. The van der Waals surface area contributed by atoms with E-state index in [9.17, 15) is 8.78 Å². The first kappa shape index (κ1) is 14.6. The largest absolute Gasteiger partial charge is 0.489 e. The van der Waals surface area contributed by atoms with Gasteiger partial charge in [-0.2, -0.15) is 0 Å². The van der Waals surface area contributed by atoms with Gasteiger partial charge in [0.25, 0.3) is 5.92 Å². The first-order chi connectivity index (χ1) is 10.5. The summed E-state index contributed by atoms with van der Waals surface area (Å²) in [5, 5.41) is 0. The Hall–Kier alpha value is -2.30. The maximum atomic E-state index is 13.3. The van der Waals surface area contributed by atoms with E-state index in [1.165, 1.54) is 0 Å². The third-order valence-electron chi connectivity index (χ3n) is 3.76. The topological polar surface area (TPSA) is 38.5 Å². The number of benzene rings is 2. The summed E-state index contributed by atoms with van der Waals surface area (Å²) >= 11 is 0. The molecule has 0 amide bonds. The minimum Gasteiger partial charge on any atom is -0.489 e. The smallest absolute Gasteiger partial charge is 0.266 e. The highest BCUT2D eigenvalue weighted by molar-refractivity contribution is 5.70. The summed E-state index contributed by atoms with van der Waals surface area (Å²) in [6.45, 7) is 0.490. The normalized spacial score (nSPS) is 16.7. The van der Waals surface area contributed by atoms with Gasteiger partial charge in [-0.1, -0.05) is 30.3 Å². The monoisotopic (exact) mass is 304 g/mol. The van der Waals surface area contributed by atoms with E-state index in [4.69, 9.17) is 10.5 Å². The molecule has 0 aromatic heterocycles. The van der Waals surface area contributed by atoms with Crippen LogP contribution in [0, 0.1) is 0 Å². The standard InChI is InChI=1S/C17H18F2N2O/c18-17(19)8-9-21(12-17)16-7-6-14(10-15(16)20)22-11-13-4-2-1-3-5-13/h1-7,10H,8-9,11-12,20H2. The second-order valence-electron chi connectivity index (χ2n) is 5.52. The van der Waals surface area contributed by atoms with E-state index in [1.54, 1.807) is 23.1 Å². The number of anilines is 2. The van der Waals surface area contributed by atoms with Crippen LogP contribution in [0.1, 0.15) is 12.0 Å². The zero-order valence-corrected chi connectivity index (χ0v) is 12.1. The van der Waals surface area contributed by atoms with Gasteiger partial charge in [0.15, 0.2) is 0 Å². The van der Waals surface area contributed by atoms with Crippen molar-refractivity contribution in [1.29, 1.82) is 0 Å². The molecule has 0 unspecified atom stereocenters. The molecule has 2 aromatic rings. The van der Waals surface area contributed by atoms with Gasteiger partial charge >= 0.3 is 0 Å². The molecule has 1 aliphatic heterocycles. The fourth-order valence-corrected chi connectivity index (χ4v) is 2.59. The van der Waals surface area contributed by atoms with Crippen LogP contribution in [0.2, 0.25) is 0 Å². The Labute approximate surface area is 128 Å². The van der Waals surface area contributed by atoms with Crippen molar-refractivity contribution in [2.24, 2.45) is 0 Å². The molecule has 1 heterocycles. The quantitative estimate of drug-likeness (QED) is 0.875. The molecule has 1 saturated heterocycles. The number of nitrogens with two attached hydrogens (primary N) is 1. The first-order valence-electron chi connectivity index (χ1n) is 7.22. The molecule has 3 rings (SSSR count). The Morgan fingerprint density at radius 1 is 1.14 bits per heavy atom. The first-order valence-corrected chi connectivity index (χ1v) is 7.22. The maximum absolute atomic E-state index is 13.3. The van der Waals surface area contributed by atoms with E-state index in [2.05, 4.69) is 0 Å². The summed E-state index contributed by atoms with van der Waals surface area (Å²) in [7, 11) is 0. The fraction of sp³-hybridized carbons (Fsp3) is 0.294. The number of halogens is 2. The highest BCUT2D eigenvalue weighted by Crippen LogP contribution is 2.35. The number of alkyl halides is 2. The number of ether oxygens (including phenoxy) is 1. The van der Waals surface area contributed by atoms with E-state index >= 15 is 0 Å². The van der Waals surface area contributed by atoms with Gasteiger partial charge in [0.2, 0.25) is 0 Å². The summed E-state index contributed by atoms with van der Waals surface area (Å²) in [6.07, 6.45) is -0.126. The van der Waals surface area contributed by atoms with E-state index in [0.717, 1.165) is 5.56 Å². The Kier molecular flexibility index (Phi) is 3.88. The van der Waals surface area contributed by atoms with Crippen LogP contribution >= 0.6 is 0 Å². The molecule has 3 nitrogen and oxygen atoms in total. The number of nitrogens with zero attached hydrogens (tertiary/aromatic N) is 1. The van der Waals surface area contributed by atoms with Crippen molar-refractivity contribution in [3.63, 3.8) is 0 Å². The predicted octanol–water partition coefficient (Wildman–Crippen LogP) is 3.69. The second kappa shape index (κ2) is 5.83. The Balaban J connectivity index is 1.67. The van der Waals surface area contributed by atoms with Gasteiger partial charge in [-0.25, -0.2) is 8.78 Å². The van der Waals surface area contributed by atoms with Crippen molar-refractivity contribution in [2.45, 2.75) is 19.0 Å². The van der Waals surface area contributed by atoms with Crippen LogP contribution < -0.4 is 15.4 Å². The summed E-state index contributed by atoms with van der Waals surface area (Å²) in [5.74, 6) is -1.99. The Bertz CT molecular complexity index is 646. The lowest BCUT2D eigenvalue weighted by atomic mass is 10.2. The van der Waals surface area contributed by atoms with Gasteiger partial charge in [0, 0.05) is 19.0 Å². The van der Waals surface area contributed by atoms with Crippen molar-refractivity contribution >= 4 is 11.4 Å². The second-order valence-corrected chi connectivity index (χ2v) is 5.52. The minimum atomic E-state index is -2.63. The van der Waals surface area contributed by atoms with Crippen LogP contribution in [0.25, 0.3) is 0 Å². The van der Waals surface area contributed by atoms with Crippen LogP contribution in [0.4, 0.5) is 20.2 Å². The van der Waals surface area contributed by atoms with Crippen molar-refractivity contribution in [2.75, 3.05) is 23.7 Å². The highest BCUT2D eigenvalue weighted by atomic mass is 19.3. The van der Waals surface area contributed by atoms with Gasteiger partial charge in [0.1, 0.15) is 12.4 Å². The summed E-state index contributed by atoms with van der Waals surface area (Å²) in [4.78, 5) is 1.62. The molecular weight excluding hydrogens is 286 g/mol. The molecular formula is C17H18F2N2O.